The predicted octanol–water partition coefficient (Wildman–Crippen LogP) is 6.50. The van der Waals surface area contributed by atoms with Crippen molar-refractivity contribution in [2.24, 2.45) is 0 Å². The zero-order chi connectivity index (χ0) is 29.7. The normalized spacial score (nSPS) is 15.1. The van der Waals surface area contributed by atoms with Crippen LogP contribution in [0.4, 0.5) is 0 Å². The quantitative estimate of drug-likeness (QED) is 0.264. The van der Waals surface area contributed by atoms with E-state index in [0.717, 1.165) is 31.2 Å². The standard InChI is InChI=1S/C33H45N3O4Si/c1-32(2,3)41(5,6)40-22-21-36(4)31(38)28-29(39-24-25-15-9-7-10-16-25)30(37)35-27(34-28)23-33(19-13-14-20-33)26-17-11-8-12-18-26/h7-12,15-18H,13-14,19-24H2,1-6H3,(H,34,35,37). The second-order valence-corrected chi connectivity index (χ2v) is 17.6. The molecule has 1 heterocycles. The fourth-order valence-corrected chi connectivity index (χ4v) is 6.30. The Kier molecular flexibility index (Phi) is 9.54. The summed E-state index contributed by atoms with van der Waals surface area (Å²) in [7, 11) is -0.234. The van der Waals surface area contributed by atoms with E-state index in [1.807, 2.05) is 36.4 Å². The molecule has 1 saturated carbocycles. The third kappa shape index (κ3) is 7.35. The molecule has 3 aromatic rings. The number of benzene rings is 2. The number of hydrogen-bond acceptors (Lipinski definition) is 5. The van der Waals surface area contributed by atoms with Gasteiger partial charge in [0.05, 0.1) is 6.61 Å². The smallest absolute Gasteiger partial charge is 0.294 e. The van der Waals surface area contributed by atoms with Gasteiger partial charge in [-0.15, -0.1) is 0 Å². The first-order valence-corrected chi connectivity index (χ1v) is 17.6. The van der Waals surface area contributed by atoms with Gasteiger partial charge in [0.15, 0.2) is 14.0 Å². The summed E-state index contributed by atoms with van der Waals surface area (Å²) < 4.78 is 12.3. The van der Waals surface area contributed by atoms with Gasteiger partial charge in [-0.25, -0.2) is 4.98 Å². The van der Waals surface area contributed by atoms with E-state index in [9.17, 15) is 9.59 Å². The van der Waals surface area contributed by atoms with Gasteiger partial charge < -0.3 is 19.0 Å². The molecule has 0 spiro atoms. The zero-order valence-corrected chi connectivity index (χ0v) is 26.5. The van der Waals surface area contributed by atoms with Crippen LogP contribution in [0.5, 0.6) is 5.75 Å². The number of carbonyl (C=O) groups excluding carboxylic acids is 1. The van der Waals surface area contributed by atoms with Crippen molar-refractivity contribution < 1.29 is 14.0 Å². The fourth-order valence-electron chi connectivity index (χ4n) is 5.27. The molecule has 8 heteroatoms. The maximum Gasteiger partial charge on any atom is 0.294 e. The van der Waals surface area contributed by atoms with Gasteiger partial charge >= 0.3 is 0 Å². The Labute approximate surface area is 245 Å². The number of carbonyl (C=O) groups is 1. The Morgan fingerprint density at radius 3 is 2.24 bits per heavy atom. The van der Waals surface area contributed by atoms with Crippen LogP contribution < -0.4 is 10.3 Å². The number of nitrogens with zero attached hydrogens (tertiary/aromatic N) is 2. The maximum absolute atomic E-state index is 13.8. The number of aromatic amines is 1. The second-order valence-electron chi connectivity index (χ2n) is 12.8. The predicted molar refractivity (Wildman–Crippen MR) is 166 cm³/mol. The molecule has 1 N–H and O–H groups in total. The Morgan fingerprint density at radius 2 is 1.63 bits per heavy atom. The fraction of sp³-hybridized carbons (Fsp3) is 0.485. The van der Waals surface area contributed by atoms with Crippen molar-refractivity contribution >= 4 is 14.2 Å². The van der Waals surface area contributed by atoms with Gasteiger partial charge in [-0.2, -0.15) is 0 Å². The van der Waals surface area contributed by atoms with Crippen molar-refractivity contribution in [2.75, 3.05) is 20.2 Å². The summed E-state index contributed by atoms with van der Waals surface area (Å²) >= 11 is 0. The summed E-state index contributed by atoms with van der Waals surface area (Å²) in [5, 5.41) is 0.0756. The van der Waals surface area contributed by atoms with E-state index in [1.54, 1.807) is 11.9 Å². The van der Waals surface area contributed by atoms with E-state index in [0.29, 0.717) is 25.4 Å². The Bertz CT molecular complexity index is 1360. The van der Waals surface area contributed by atoms with E-state index in [4.69, 9.17) is 14.1 Å². The van der Waals surface area contributed by atoms with E-state index in [2.05, 4.69) is 63.1 Å². The monoisotopic (exact) mass is 575 g/mol. The van der Waals surface area contributed by atoms with Gasteiger partial charge in [0.1, 0.15) is 12.4 Å². The number of likely N-dealkylation sites (N-methyl/N-ethyl adjacent to an activating group) is 1. The Balaban J connectivity index is 1.62. The Morgan fingerprint density at radius 1 is 1.02 bits per heavy atom. The third-order valence-corrected chi connectivity index (χ3v) is 13.4. The molecular formula is C33H45N3O4Si. The molecule has 41 heavy (non-hydrogen) atoms. The number of nitrogens with one attached hydrogen (secondary N) is 1. The summed E-state index contributed by atoms with van der Waals surface area (Å²) in [6.45, 7) is 11.9. The molecule has 220 valence electrons. The molecule has 4 rings (SSSR count). The molecular weight excluding hydrogens is 530 g/mol. The average Bonchev–Trinajstić information content (AvgIpc) is 3.41. The van der Waals surface area contributed by atoms with Crippen molar-refractivity contribution in [2.45, 2.75) is 83.0 Å². The minimum Gasteiger partial charge on any atom is -0.481 e. The zero-order valence-electron chi connectivity index (χ0n) is 25.5. The first-order valence-electron chi connectivity index (χ1n) is 14.7. The molecule has 7 nitrogen and oxygen atoms in total. The summed E-state index contributed by atoms with van der Waals surface area (Å²) in [4.78, 5) is 36.6. The largest absolute Gasteiger partial charge is 0.481 e. The van der Waals surface area contributed by atoms with Crippen molar-refractivity contribution in [1.29, 1.82) is 0 Å². The number of rotatable bonds is 11. The van der Waals surface area contributed by atoms with E-state index >= 15 is 0 Å². The first-order chi connectivity index (χ1) is 19.4. The lowest BCUT2D eigenvalue weighted by Crippen LogP contribution is -2.43. The maximum atomic E-state index is 13.8. The molecule has 1 aliphatic carbocycles. The molecule has 0 bridgehead atoms. The van der Waals surface area contributed by atoms with Gasteiger partial charge in [0.2, 0.25) is 5.75 Å². The summed E-state index contributed by atoms with van der Waals surface area (Å²) in [5.74, 6) is 0.126. The van der Waals surface area contributed by atoms with Crippen molar-refractivity contribution in [1.82, 2.24) is 14.9 Å². The van der Waals surface area contributed by atoms with Gasteiger partial charge in [0, 0.05) is 25.4 Å². The molecule has 1 amide bonds. The molecule has 0 saturated heterocycles. The van der Waals surface area contributed by atoms with Crippen LogP contribution in [0.15, 0.2) is 65.5 Å². The average molecular weight is 576 g/mol. The van der Waals surface area contributed by atoms with E-state index in [1.165, 1.54) is 5.56 Å². The van der Waals surface area contributed by atoms with Gasteiger partial charge in [0.25, 0.3) is 11.5 Å². The number of hydrogen-bond donors (Lipinski definition) is 1. The number of aromatic nitrogens is 2. The van der Waals surface area contributed by atoms with Crippen molar-refractivity contribution in [3.8, 4) is 5.75 Å². The second kappa shape index (κ2) is 12.7. The lowest BCUT2D eigenvalue weighted by atomic mass is 9.76. The van der Waals surface area contributed by atoms with Gasteiger partial charge in [-0.1, -0.05) is 94.3 Å². The minimum atomic E-state index is -1.96. The summed E-state index contributed by atoms with van der Waals surface area (Å²) in [6.07, 6.45) is 4.84. The van der Waals surface area contributed by atoms with Crippen molar-refractivity contribution in [3.63, 3.8) is 0 Å². The molecule has 0 unspecified atom stereocenters. The van der Waals surface area contributed by atoms with Gasteiger partial charge in [-0.05, 0) is 42.1 Å². The highest BCUT2D eigenvalue weighted by Crippen LogP contribution is 2.43. The van der Waals surface area contributed by atoms with Crippen LogP contribution >= 0.6 is 0 Å². The molecule has 0 aliphatic heterocycles. The van der Waals surface area contributed by atoms with Crippen LogP contribution in [-0.2, 0) is 22.9 Å². The highest BCUT2D eigenvalue weighted by Gasteiger charge is 2.38. The highest BCUT2D eigenvalue weighted by molar-refractivity contribution is 6.74. The lowest BCUT2D eigenvalue weighted by Gasteiger charge is -2.36. The Hall–Kier alpha value is -3.23. The van der Waals surface area contributed by atoms with Crippen molar-refractivity contribution in [3.05, 3.63) is 93.7 Å². The molecule has 2 aromatic carbocycles. The van der Waals surface area contributed by atoms with E-state index < -0.39 is 13.9 Å². The summed E-state index contributed by atoms with van der Waals surface area (Å²) in [6, 6.07) is 20.0. The number of amides is 1. The molecule has 0 radical (unpaired) electrons. The summed E-state index contributed by atoms with van der Waals surface area (Å²) in [5.41, 5.74) is 1.65. The lowest BCUT2D eigenvalue weighted by molar-refractivity contribution is 0.0757. The van der Waals surface area contributed by atoms with Crippen LogP contribution in [0.25, 0.3) is 0 Å². The SMILES string of the molecule is CN(CCO[Si](C)(C)C(C)(C)C)C(=O)c1nc(CC2(c3ccccc3)CCCC2)[nH]c(=O)c1OCc1ccccc1. The van der Waals surface area contributed by atoms with Gasteiger partial charge in [-0.3, -0.25) is 9.59 Å². The highest BCUT2D eigenvalue weighted by atomic mass is 28.4. The van der Waals surface area contributed by atoms with Crippen LogP contribution in [-0.4, -0.2) is 49.3 Å². The number of H-pyrrole nitrogens is 1. The van der Waals surface area contributed by atoms with Crippen LogP contribution in [0.1, 0.15) is 73.9 Å². The first kappa shape index (κ1) is 30.7. The molecule has 0 atom stereocenters. The topological polar surface area (TPSA) is 84.5 Å². The van der Waals surface area contributed by atoms with Crippen LogP contribution in [0, 0.1) is 0 Å². The third-order valence-electron chi connectivity index (χ3n) is 8.85. The van der Waals surface area contributed by atoms with Crippen LogP contribution in [0.2, 0.25) is 18.1 Å². The van der Waals surface area contributed by atoms with Crippen LogP contribution in [0.3, 0.4) is 0 Å². The number of ether oxygens (including phenoxy) is 1. The van der Waals surface area contributed by atoms with E-state index in [-0.39, 0.29) is 34.4 Å². The molecule has 1 fully saturated rings. The molecule has 1 aromatic heterocycles. The minimum absolute atomic E-state index is 0.0417. The molecule has 1 aliphatic rings.